The van der Waals surface area contributed by atoms with Crippen LogP contribution in [-0.2, 0) is 10.2 Å². The second-order valence-electron chi connectivity index (χ2n) is 5.29. The zero-order valence-corrected chi connectivity index (χ0v) is 11.9. The third-order valence-corrected chi connectivity index (χ3v) is 5.01. The van der Waals surface area contributed by atoms with Gasteiger partial charge < -0.3 is 10.2 Å². The molecule has 0 aromatic rings. The summed E-state index contributed by atoms with van der Waals surface area (Å²) in [6, 6.07) is 0.0373. The van der Waals surface area contributed by atoms with Crippen LogP contribution in [0.3, 0.4) is 0 Å². The number of hydrogen-bond acceptors (Lipinski definition) is 4. The van der Waals surface area contributed by atoms with E-state index in [4.69, 9.17) is 5.11 Å². The number of hydrogen-bond donors (Lipinski definition) is 3. The van der Waals surface area contributed by atoms with Gasteiger partial charge in [-0.05, 0) is 19.8 Å². The lowest BCUT2D eigenvalue weighted by molar-refractivity contribution is 0.00648. The number of aliphatic hydroxyl groups is 2. The van der Waals surface area contributed by atoms with Gasteiger partial charge in [0, 0.05) is 19.6 Å². The lowest BCUT2D eigenvalue weighted by atomic mass is 9.96. The number of aliphatic hydroxyl groups excluding tert-OH is 1. The van der Waals surface area contributed by atoms with E-state index in [0.29, 0.717) is 0 Å². The molecule has 0 radical (unpaired) electrons. The smallest absolute Gasteiger partial charge is 0.279 e. The molecule has 1 fully saturated rings. The van der Waals surface area contributed by atoms with Gasteiger partial charge in [-0.3, -0.25) is 0 Å². The first-order chi connectivity index (χ1) is 8.28. The van der Waals surface area contributed by atoms with Gasteiger partial charge in [-0.2, -0.15) is 17.4 Å². The molecular formula is C11H24N2O4S. The Morgan fingerprint density at radius 1 is 1.33 bits per heavy atom. The zero-order valence-electron chi connectivity index (χ0n) is 11.1. The molecule has 1 aliphatic carbocycles. The van der Waals surface area contributed by atoms with Gasteiger partial charge in [0.15, 0.2) is 0 Å². The van der Waals surface area contributed by atoms with Gasteiger partial charge in [-0.1, -0.05) is 19.3 Å². The molecule has 1 unspecified atom stereocenters. The van der Waals surface area contributed by atoms with Crippen LogP contribution in [0.4, 0.5) is 0 Å². The van der Waals surface area contributed by atoms with Gasteiger partial charge in [0.25, 0.3) is 10.2 Å². The summed E-state index contributed by atoms with van der Waals surface area (Å²) in [5.74, 6) is 0. The van der Waals surface area contributed by atoms with Crippen LogP contribution in [0.2, 0.25) is 0 Å². The molecule has 1 aliphatic rings. The van der Waals surface area contributed by atoms with Crippen LogP contribution in [0, 0.1) is 0 Å². The molecule has 1 atom stereocenters. The predicted molar refractivity (Wildman–Crippen MR) is 69.3 cm³/mol. The SMILES string of the molecule is CN(C1CCCCC1)S(=O)(=O)NCC(C)(O)CO. The average molecular weight is 280 g/mol. The molecule has 6 nitrogen and oxygen atoms in total. The number of nitrogens with one attached hydrogen (secondary N) is 1. The molecule has 0 aliphatic heterocycles. The molecule has 0 amide bonds. The van der Waals surface area contributed by atoms with E-state index in [-0.39, 0.29) is 12.6 Å². The summed E-state index contributed by atoms with van der Waals surface area (Å²) in [6.45, 7) is 0.710. The monoisotopic (exact) mass is 280 g/mol. The fourth-order valence-corrected chi connectivity index (χ4v) is 3.35. The van der Waals surface area contributed by atoms with E-state index in [1.165, 1.54) is 11.2 Å². The van der Waals surface area contributed by atoms with Gasteiger partial charge in [-0.25, -0.2) is 0 Å². The van der Waals surface area contributed by atoms with Crippen molar-refractivity contribution in [2.75, 3.05) is 20.2 Å². The van der Waals surface area contributed by atoms with Crippen molar-refractivity contribution in [1.29, 1.82) is 0 Å². The van der Waals surface area contributed by atoms with E-state index >= 15 is 0 Å². The van der Waals surface area contributed by atoms with E-state index in [1.807, 2.05) is 0 Å². The zero-order chi connectivity index (χ0) is 13.8. The highest BCUT2D eigenvalue weighted by atomic mass is 32.2. The minimum Gasteiger partial charge on any atom is -0.393 e. The van der Waals surface area contributed by atoms with Crippen LogP contribution in [0.1, 0.15) is 39.0 Å². The Labute approximate surface area is 109 Å². The molecule has 0 bridgehead atoms. The highest BCUT2D eigenvalue weighted by molar-refractivity contribution is 7.87. The second-order valence-corrected chi connectivity index (χ2v) is 7.10. The number of rotatable bonds is 6. The highest BCUT2D eigenvalue weighted by Crippen LogP contribution is 2.23. The first kappa shape index (κ1) is 15.8. The van der Waals surface area contributed by atoms with Gasteiger partial charge in [0.05, 0.1) is 12.2 Å². The molecule has 0 aromatic heterocycles. The van der Waals surface area contributed by atoms with Crippen molar-refractivity contribution in [3.8, 4) is 0 Å². The maximum atomic E-state index is 12.0. The Balaban J connectivity index is 2.56. The van der Waals surface area contributed by atoms with E-state index in [1.54, 1.807) is 7.05 Å². The molecule has 0 spiro atoms. The van der Waals surface area contributed by atoms with Crippen molar-refractivity contribution in [1.82, 2.24) is 9.03 Å². The average Bonchev–Trinajstić information content (AvgIpc) is 2.37. The highest BCUT2D eigenvalue weighted by Gasteiger charge is 2.29. The van der Waals surface area contributed by atoms with Crippen molar-refractivity contribution in [3.63, 3.8) is 0 Å². The predicted octanol–water partition coefficient (Wildman–Crippen LogP) is -0.171. The Hall–Kier alpha value is -0.210. The minimum absolute atomic E-state index is 0.0373. The third-order valence-electron chi connectivity index (χ3n) is 3.44. The van der Waals surface area contributed by atoms with Crippen molar-refractivity contribution in [3.05, 3.63) is 0 Å². The Kier molecular flexibility index (Phi) is 5.54. The summed E-state index contributed by atoms with van der Waals surface area (Å²) in [5, 5.41) is 18.5. The molecular weight excluding hydrogens is 256 g/mol. The lowest BCUT2D eigenvalue weighted by Gasteiger charge is -2.31. The topological polar surface area (TPSA) is 89.9 Å². The molecule has 3 N–H and O–H groups in total. The van der Waals surface area contributed by atoms with Crippen LogP contribution in [0.25, 0.3) is 0 Å². The Morgan fingerprint density at radius 3 is 2.39 bits per heavy atom. The summed E-state index contributed by atoms with van der Waals surface area (Å²) < 4.78 is 27.7. The molecule has 1 saturated carbocycles. The standard InChI is InChI=1S/C11H24N2O4S/c1-11(15,9-14)8-12-18(16,17)13(2)10-6-4-3-5-7-10/h10,12,14-15H,3-9H2,1-2H3. The van der Waals surface area contributed by atoms with E-state index in [0.717, 1.165) is 32.1 Å². The summed E-state index contributed by atoms with van der Waals surface area (Å²) in [7, 11) is -2.03. The van der Waals surface area contributed by atoms with Crippen molar-refractivity contribution < 1.29 is 18.6 Å². The largest absolute Gasteiger partial charge is 0.393 e. The first-order valence-electron chi connectivity index (χ1n) is 6.34. The molecule has 0 saturated heterocycles. The van der Waals surface area contributed by atoms with Crippen LogP contribution in [-0.4, -0.2) is 54.8 Å². The first-order valence-corrected chi connectivity index (χ1v) is 7.78. The molecule has 1 rings (SSSR count). The van der Waals surface area contributed by atoms with Gasteiger partial charge in [0.1, 0.15) is 0 Å². The number of nitrogens with zero attached hydrogens (tertiary/aromatic N) is 1. The van der Waals surface area contributed by atoms with Gasteiger partial charge in [-0.15, -0.1) is 0 Å². The van der Waals surface area contributed by atoms with Crippen molar-refractivity contribution in [2.24, 2.45) is 0 Å². The summed E-state index contributed by atoms with van der Waals surface area (Å²) in [6.07, 6.45) is 5.04. The molecule has 7 heteroatoms. The van der Waals surface area contributed by atoms with E-state index in [2.05, 4.69) is 4.72 Å². The maximum absolute atomic E-state index is 12.0. The minimum atomic E-state index is -3.59. The Morgan fingerprint density at radius 2 is 1.89 bits per heavy atom. The van der Waals surface area contributed by atoms with Crippen molar-refractivity contribution in [2.45, 2.75) is 50.7 Å². The Bertz CT molecular complexity index is 350. The molecule has 108 valence electrons. The van der Waals surface area contributed by atoms with Gasteiger partial charge in [0.2, 0.25) is 0 Å². The fourth-order valence-electron chi connectivity index (χ4n) is 2.05. The molecule has 18 heavy (non-hydrogen) atoms. The summed E-state index contributed by atoms with van der Waals surface area (Å²) in [4.78, 5) is 0. The van der Waals surface area contributed by atoms with Crippen LogP contribution >= 0.6 is 0 Å². The van der Waals surface area contributed by atoms with E-state index in [9.17, 15) is 13.5 Å². The summed E-state index contributed by atoms with van der Waals surface area (Å²) >= 11 is 0. The van der Waals surface area contributed by atoms with Crippen LogP contribution in [0.5, 0.6) is 0 Å². The van der Waals surface area contributed by atoms with Crippen LogP contribution in [0.15, 0.2) is 0 Å². The summed E-state index contributed by atoms with van der Waals surface area (Å²) in [5.41, 5.74) is -1.43. The van der Waals surface area contributed by atoms with Gasteiger partial charge >= 0.3 is 0 Å². The van der Waals surface area contributed by atoms with Crippen LogP contribution < -0.4 is 4.72 Å². The third kappa shape index (κ3) is 4.47. The van der Waals surface area contributed by atoms with E-state index < -0.39 is 22.4 Å². The van der Waals surface area contributed by atoms with Crippen molar-refractivity contribution >= 4 is 10.2 Å². The second kappa shape index (κ2) is 6.29. The fraction of sp³-hybridized carbons (Fsp3) is 1.00. The molecule has 0 heterocycles. The quantitative estimate of drug-likeness (QED) is 0.630. The molecule has 0 aromatic carbocycles. The normalized spacial score (nSPS) is 22.1. The maximum Gasteiger partial charge on any atom is 0.279 e. The lowest BCUT2D eigenvalue weighted by Crippen LogP contribution is -2.50.